The zero-order chi connectivity index (χ0) is 32.3. The molecular formula is C34H48F2N4O3. The van der Waals surface area contributed by atoms with Crippen LogP contribution in [0, 0.1) is 18.6 Å². The van der Waals surface area contributed by atoms with Crippen LogP contribution in [0.25, 0.3) is 5.70 Å². The number of rotatable bonds is 11. The van der Waals surface area contributed by atoms with Crippen molar-refractivity contribution in [2.24, 2.45) is 0 Å². The molecule has 1 saturated heterocycles. The molecule has 0 saturated carbocycles. The van der Waals surface area contributed by atoms with Crippen LogP contribution in [-0.2, 0) is 0 Å². The molecule has 1 aromatic carbocycles. The highest BCUT2D eigenvalue weighted by molar-refractivity contribution is 5.88. The molecule has 236 valence electrons. The Morgan fingerprint density at radius 1 is 1.14 bits per heavy atom. The molecule has 0 amide bonds. The van der Waals surface area contributed by atoms with Gasteiger partial charge in [0.05, 0.1) is 23.1 Å². The van der Waals surface area contributed by atoms with E-state index >= 15 is 0 Å². The van der Waals surface area contributed by atoms with E-state index in [4.69, 9.17) is 0 Å². The summed E-state index contributed by atoms with van der Waals surface area (Å²) in [6.07, 6.45) is 10.3. The number of benzene rings is 1. The molecule has 9 heteroatoms. The number of piperidine rings is 1. The fourth-order valence-electron chi connectivity index (χ4n) is 5.47. The Morgan fingerprint density at radius 2 is 1.79 bits per heavy atom. The fourth-order valence-corrected chi connectivity index (χ4v) is 5.47. The number of carbonyl (C=O) groups is 1. The van der Waals surface area contributed by atoms with E-state index in [1.165, 1.54) is 22.4 Å². The van der Waals surface area contributed by atoms with Crippen molar-refractivity contribution >= 4 is 17.4 Å². The maximum Gasteiger partial charge on any atom is 0.335 e. The standard InChI is InChI=1S/C32H42F2N4O3.C2H6/c1-7-8-23(15-21(2)29(11-12-36(5)6)38-20-27(34)28(35-4)18-30(38)39)19-37-13-9-24(10-14-37)31-22(3)16-25(32(40)41)17-26(31)33;1-2/h11-12,15-18,20,24,35H,7-10,13-14,19H2,1-6H3,(H,40,41);1-2H3/b12-11-,23-15+,29-21-;. The Kier molecular flexibility index (Phi) is 13.9. The Labute approximate surface area is 255 Å². The monoisotopic (exact) mass is 598 g/mol. The van der Waals surface area contributed by atoms with E-state index in [0.29, 0.717) is 16.8 Å². The molecule has 0 atom stereocenters. The zero-order valence-corrected chi connectivity index (χ0v) is 26.9. The van der Waals surface area contributed by atoms with E-state index < -0.39 is 17.6 Å². The van der Waals surface area contributed by atoms with E-state index in [1.807, 2.05) is 52.0 Å². The number of nitrogens with one attached hydrogen (secondary N) is 1. The van der Waals surface area contributed by atoms with Gasteiger partial charge in [0.25, 0.3) is 5.56 Å². The number of aryl methyl sites for hydroxylation is 1. The Bertz CT molecular complexity index is 1380. The van der Waals surface area contributed by atoms with E-state index in [9.17, 15) is 23.5 Å². The molecule has 0 bridgehead atoms. The molecule has 1 aromatic heterocycles. The molecule has 0 unspecified atom stereocenters. The number of pyridine rings is 1. The first-order chi connectivity index (χ1) is 20.4. The van der Waals surface area contributed by atoms with Gasteiger partial charge in [0.1, 0.15) is 5.82 Å². The number of aromatic carboxylic acids is 1. The number of carboxylic acids is 1. The quantitative estimate of drug-likeness (QED) is 0.269. The van der Waals surface area contributed by atoms with Gasteiger partial charge in [-0.15, -0.1) is 0 Å². The van der Waals surface area contributed by atoms with Gasteiger partial charge in [-0.3, -0.25) is 14.3 Å². The Balaban J connectivity index is 0.00000316. The predicted octanol–water partition coefficient (Wildman–Crippen LogP) is 7.11. The van der Waals surface area contributed by atoms with Crippen LogP contribution in [0.15, 0.2) is 58.7 Å². The summed E-state index contributed by atoms with van der Waals surface area (Å²) in [5, 5.41) is 11.9. The van der Waals surface area contributed by atoms with Crippen LogP contribution in [0.4, 0.5) is 14.5 Å². The van der Waals surface area contributed by atoms with E-state index in [2.05, 4.69) is 23.2 Å². The lowest BCUT2D eigenvalue weighted by Crippen LogP contribution is -2.35. The summed E-state index contributed by atoms with van der Waals surface area (Å²) in [6.45, 7) is 12.1. The maximum absolute atomic E-state index is 14.9. The summed E-state index contributed by atoms with van der Waals surface area (Å²) in [6, 6.07) is 3.93. The third-order valence-electron chi connectivity index (χ3n) is 7.47. The van der Waals surface area contributed by atoms with Gasteiger partial charge < -0.3 is 15.3 Å². The molecule has 2 aromatic rings. The van der Waals surface area contributed by atoms with Crippen molar-refractivity contribution in [3.8, 4) is 0 Å². The van der Waals surface area contributed by atoms with Gasteiger partial charge in [-0.25, -0.2) is 13.6 Å². The van der Waals surface area contributed by atoms with Gasteiger partial charge in [0, 0.05) is 40.0 Å². The summed E-state index contributed by atoms with van der Waals surface area (Å²) in [5.74, 6) is -2.04. The van der Waals surface area contributed by atoms with Crippen LogP contribution in [0.5, 0.6) is 0 Å². The molecule has 1 aliphatic heterocycles. The smallest absolute Gasteiger partial charge is 0.335 e. The van der Waals surface area contributed by atoms with Crippen molar-refractivity contribution in [3.05, 3.63) is 92.6 Å². The van der Waals surface area contributed by atoms with Gasteiger partial charge in [0.2, 0.25) is 0 Å². The first-order valence-corrected chi connectivity index (χ1v) is 15.1. The summed E-state index contributed by atoms with van der Waals surface area (Å²) in [4.78, 5) is 28.4. The Hall–Kier alpha value is -3.72. The van der Waals surface area contributed by atoms with E-state index in [0.717, 1.165) is 57.0 Å². The lowest BCUT2D eigenvalue weighted by Gasteiger charge is -2.33. The molecule has 7 nitrogen and oxygen atoms in total. The van der Waals surface area contributed by atoms with Crippen LogP contribution in [0.3, 0.4) is 0 Å². The van der Waals surface area contributed by atoms with Gasteiger partial charge >= 0.3 is 5.97 Å². The number of carboxylic acid groups (broad SMARTS) is 1. The molecule has 0 radical (unpaired) electrons. The molecular weight excluding hydrogens is 550 g/mol. The van der Waals surface area contributed by atoms with Gasteiger partial charge in [-0.1, -0.05) is 38.8 Å². The summed E-state index contributed by atoms with van der Waals surface area (Å²) < 4.78 is 30.9. The average Bonchev–Trinajstić information content (AvgIpc) is 2.96. The summed E-state index contributed by atoms with van der Waals surface area (Å²) in [5.41, 5.74) is 3.73. The molecule has 2 N–H and O–H groups in total. The molecule has 43 heavy (non-hydrogen) atoms. The normalized spacial score (nSPS) is 15.2. The van der Waals surface area contributed by atoms with Crippen molar-refractivity contribution < 1.29 is 18.7 Å². The second-order valence-electron chi connectivity index (χ2n) is 10.9. The van der Waals surface area contributed by atoms with Crippen LogP contribution < -0.4 is 10.9 Å². The number of likely N-dealkylation sites (tertiary alicyclic amines) is 1. The average molecular weight is 599 g/mol. The third kappa shape index (κ3) is 9.64. The van der Waals surface area contributed by atoms with Crippen LogP contribution in [0.1, 0.15) is 80.8 Å². The topological polar surface area (TPSA) is 77.8 Å². The molecule has 2 heterocycles. The summed E-state index contributed by atoms with van der Waals surface area (Å²) >= 11 is 0. The highest BCUT2D eigenvalue weighted by Gasteiger charge is 2.25. The van der Waals surface area contributed by atoms with Gasteiger partial charge in [0.15, 0.2) is 5.82 Å². The second-order valence-corrected chi connectivity index (χ2v) is 10.9. The minimum absolute atomic E-state index is 0.0262. The van der Waals surface area contributed by atoms with Crippen LogP contribution in [-0.4, -0.2) is 66.2 Å². The summed E-state index contributed by atoms with van der Waals surface area (Å²) in [7, 11) is 5.34. The molecule has 1 aliphatic rings. The van der Waals surface area contributed by atoms with Crippen LogP contribution in [0.2, 0.25) is 0 Å². The lowest BCUT2D eigenvalue weighted by atomic mass is 9.85. The molecule has 0 spiro atoms. The third-order valence-corrected chi connectivity index (χ3v) is 7.47. The molecule has 3 rings (SSSR count). The fraction of sp³-hybridized carbons (Fsp3) is 0.471. The first kappa shape index (κ1) is 35.5. The highest BCUT2D eigenvalue weighted by atomic mass is 19.1. The lowest BCUT2D eigenvalue weighted by molar-refractivity contribution is 0.0696. The number of nitrogens with zero attached hydrogens (tertiary/aromatic N) is 3. The molecule has 0 aliphatic carbocycles. The number of allylic oxidation sites excluding steroid dienone is 4. The maximum atomic E-state index is 14.9. The predicted molar refractivity (Wildman–Crippen MR) is 173 cm³/mol. The van der Waals surface area contributed by atoms with Gasteiger partial charge in [-0.2, -0.15) is 0 Å². The van der Waals surface area contributed by atoms with Crippen molar-refractivity contribution in [1.29, 1.82) is 0 Å². The largest absolute Gasteiger partial charge is 0.478 e. The van der Waals surface area contributed by atoms with Crippen molar-refractivity contribution in [2.75, 3.05) is 46.1 Å². The van der Waals surface area contributed by atoms with Crippen molar-refractivity contribution in [3.63, 3.8) is 0 Å². The highest BCUT2D eigenvalue weighted by Crippen LogP contribution is 2.33. The minimum Gasteiger partial charge on any atom is -0.478 e. The van der Waals surface area contributed by atoms with Crippen molar-refractivity contribution in [2.45, 2.75) is 66.2 Å². The van der Waals surface area contributed by atoms with Gasteiger partial charge in [-0.05, 0) is 87.0 Å². The second kappa shape index (κ2) is 16.8. The van der Waals surface area contributed by atoms with Crippen LogP contribution >= 0.6 is 0 Å². The minimum atomic E-state index is -1.13. The SMILES string of the molecule is CC.CCC\C(=C/C(C)=C(/C=C\N(C)C)n1cc(F)c(NC)cc1=O)CN1CCC(c2c(C)cc(C(=O)O)cc2F)CC1. The zero-order valence-electron chi connectivity index (χ0n) is 26.9. The Morgan fingerprint density at radius 3 is 2.33 bits per heavy atom. The number of hydrogen-bond donors (Lipinski definition) is 2. The number of aromatic nitrogens is 1. The number of hydrogen-bond acceptors (Lipinski definition) is 5. The van der Waals surface area contributed by atoms with E-state index in [1.54, 1.807) is 20.0 Å². The molecule has 1 fully saturated rings. The number of halogens is 2. The van der Waals surface area contributed by atoms with Crippen molar-refractivity contribution in [1.82, 2.24) is 14.4 Å². The first-order valence-electron chi connectivity index (χ1n) is 15.1. The van der Waals surface area contributed by atoms with E-state index in [-0.39, 0.29) is 22.7 Å². The number of anilines is 1.